The zero-order valence-corrected chi connectivity index (χ0v) is 14.8. The van der Waals surface area contributed by atoms with Crippen LogP contribution in [0, 0.1) is 35.0 Å². The number of allylic oxidation sites excluding steroid dienone is 2. The van der Waals surface area contributed by atoms with Gasteiger partial charge in [0.1, 0.15) is 0 Å². The van der Waals surface area contributed by atoms with Crippen molar-refractivity contribution in [2.75, 3.05) is 0 Å². The number of hydrogen-bond donors (Lipinski definition) is 1. The van der Waals surface area contributed by atoms with Gasteiger partial charge >= 0.3 is 0 Å². The van der Waals surface area contributed by atoms with Crippen LogP contribution in [0.25, 0.3) is 0 Å². The molecule has 1 N–H and O–H groups in total. The highest BCUT2D eigenvalue weighted by Crippen LogP contribution is 2.62. The minimum absolute atomic E-state index is 0.0167. The molecule has 0 bridgehead atoms. The van der Waals surface area contributed by atoms with E-state index in [0.717, 1.165) is 44.9 Å². The van der Waals surface area contributed by atoms with Crippen molar-refractivity contribution in [3.05, 3.63) is 11.6 Å². The predicted octanol–water partition coefficient (Wildman–Crippen LogP) is 4.27. The lowest BCUT2D eigenvalue weighted by Crippen LogP contribution is -2.52. The fraction of sp³-hybridized carbons (Fsp3) is 0.762. The van der Waals surface area contributed by atoms with Crippen molar-refractivity contribution < 1.29 is 9.90 Å². The quantitative estimate of drug-likeness (QED) is 0.773. The summed E-state index contributed by atoms with van der Waals surface area (Å²) in [7, 11) is 0. The maximum absolute atomic E-state index is 11.9. The molecule has 0 aromatic heterocycles. The highest BCUT2D eigenvalue weighted by Gasteiger charge is 2.55. The highest BCUT2D eigenvalue weighted by molar-refractivity contribution is 5.91. The molecule has 0 radical (unpaired) electrons. The largest absolute Gasteiger partial charge is 0.390 e. The number of hydrogen-bond acceptors (Lipinski definition) is 2. The van der Waals surface area contributed by atoms with E-state index in [1.54, 1.807) is 0 Å². The predicted molar refractivity (Wildman–Crippen MR) is 92.7 cm³/mol. The highest BCUT2D eigenvalue weighted by atomic mass is 16.3. The van der Waals surface area contributed by atoms with E-state index in [9.17, 15) is 9.90 Å². The summed E-state index contributed by atoms with van der Waals surface area (Å²) in [6.07, 6.45) is 15.4. The lowest BCUT2D eigenvalue weighted by atomic mass is 9.47. The Morgan fingerprint density at radius 1 is 1.35 bits per heavy atom. The van der Waals surface area contributed by atoms with Crippen LogP contribution >= 0.6 is 0 Å². The smallest absolute Gasteiger partial charge is 0.155 e. The van der Waals surface area contributed by atoms with Crippen LogP contribution in [-0.2, 0) is 4.79 Å². The molecule has 0 saturated heterocycles. The third-order valence-corrected chi connectivity index (χ3v) is 7.47. The Hall–Kier alpha value is -1.07. The molecule has 2 fully saturated rings. The first-order valence-electron chi connectivity index (χ1n) is 9.12. The van der Waals surface area contributed by atoms with Crippen molar-refractivity contribution in [2.24, 2.45) is 22.7 Å². The number of terminal acetylenes is 1. The number of carbonyl (C=O) groups excluding carboxylic acids is 1. The Kier molecular flexibility index (Phi) is 4.00. The molecule has 3 rings (SSSR count). The van der Waals surface area contributed by atoms with Gasteiger partial charge in [-0.3, -0.25) is 4.79 Å². The van der Waals surface area contributed by atoms with Crippen LogP contribution in [0.4, 0.5) is 0 Å². The minimum Gasteiger partial charge on any atom is -0.390 e. The summed E-state index contributed by atoms with van der Waals surface area (Å²) in [5.41, 5.74) is 0.736. The molecular weight excluding hydrogens is 284 g/mol. The maximum Gasteiger partial charge on any atom is 0.155 e. The lowest BCUT2D eigenvalue weighted by Gasteiger charge is -2.58. The Labute approximate surface area is 140 Å². The third-order valence-electron chi connectivity index (χ3n) is 7.47. The summed E-state index contributed by atoms with van der Waals surface area (Å²) in [5, 5.41) is 10.6. The van der Waals surface area contributed by atoms with Gasteiger partial charge in [0.05, 0.1) is 5.60 Å². The first-order chi connectivity index (χ1) is 10.7. The molecule has 0 spiro atoms. The van der Waals surface area contributed by atoms with Crippen molar-refractivity contribution >= 4 is 5.78 Å². The van der Waals surface area contributed by atoms with E-state index in [1.807, 2.05) is 19.9 Å². The topological polar surface area (TPSA) is 37.3 Å². The third kappa shape index (κ3) is 2.58. The number of ketones is 1. The van der Waals surface area contributed by atoms with Gasteiger partial charge in [0, 0.05) is 18.3 Å². The zero-order chi connectivity index (χ0) is 16.9. The normalized spacial score (nSPS) is 40.7. The second-order valence-electron chi connectivity index (χ2n) is 8.94. The minimum atomic E-state index is -0.643. The average Bonchev–Trinajstić information content (AvgIpc) is 2.47. The number of rotatable bonds is 2. The van der Waals surface area contributed by atoms with E-state index >= 15 is 0 Å². The van der Waals surface area contributed by atoms with Gasteiger partial charge in [0.25, 0.3) is 0 Å². The molecule has 0 amide bonds. The van der Waals surface area contributed by atoms with Gasteiger partial charge in [-0.05, 0) is 75.7 Å². The summed E-state index contributed by atoms with van der Waals surface area (Å²) >= 11 is 0. The summed E-state index contributed by atoms with van der Waals surface area (Å²) in [6, 6.07) is 0. The van der Waals surface area contributed by atoms with Gasteiger partial charge < -0.3 is 5.11 Å². The van der Waals surface area contributed by atoms with Gasteiger partial charge in [0.15, 0.2) is 5.78 Å². The van der Waals surface area contributed by atoms with Gasteiger partial charge in [-0.25, -0.2) is 0 Å². The molecule has 3 aliphatic rings. The molecule has 2 saturated carbocycles. The Morgan fingerprint density at radius 2 is 2.09 bits per heavy atom. The average molecular weight is 314 g/mol. The molecule has 0 aromatic rings. The van der Waals surface area contributed by atoms with E-state index in [0.29, 0.717) is 18.3 Å². The first-order valence-corrected chi connectivity index (χ1v) is 9.12. The van der Waals surface area contributed by atoms with E-state index in [1.165, 1.54) is 5.57 Å². The molecule has 2 nitrogen and oxygen atoms in total. The van der Waals surface area contributed by atoms with Gasteiger partial charge in [-0.2, -0.15) is 0 Å². The molecule has 0 aliphatic heterocycles. The van der Waals surface area contributed by atoms with Crippen LogP contribution in [0.2, 0.25) is 0 Å². The summed E-state index contributed by atoms with van der Waals surface area (Å²) < 4.78 is 0. The summed E-state index contributed by atoms with van der Waals surface area (Å²) in [6.45, 7) is 6.16. The van der Waals surface area contributed by atoms with Crippen molar-refractivity contribution in [3.63, 3.8) is 0 Å². The zero-order valence-electron chi connectivity index (χ0n) is 14.8. The van der Waals surface area contributed by atoms with Crippen molar-refractivity contribution in [1.82, 2.24) is 0 Å². The molecule has 4 atom stereocenters. The SMILES string of the molecule is C#CC[C@]12CCC(=O)C=C1CC[C@H]1C[C@](C)(C(C)(C)O)CC[C@@H]12. The molecule has 3 aliphatic carbocycles. The van der Waals surface area contributed by atoms with Crippen molar-refractivity contribution in [2.45, 2.75) is 77.7 Å². The van der Waals surface area contributed by atoms with E-state index in [-0.39, 0.29) is 16.6 Å². The lowest BCUT2D eigenvalue weighted by molar-refractivity contribution is -0.120. The molecule has 126 valence electrons. The van der Waals surface area contributed by atoms with Crippen LogP contribution in [0.5, 0.6) is 0 Å². The van der Waals surface area contributed by atoms with E-state index < -0.39 is 5.60 Å². The van der Waals surface area contributed by atoms with E-state index in [2.05, 4.69) is 12.8 Å². The van der Waals surface area contributed by atoms with Crippen LogP contribution in [0.1, 0.15) is 72.1 Å². The maximum atomic E-state index is 11.9. The Morgan fingerprint density at radius 3 is 2.74 bits per heavy atom. The van der Waals surface area contributed by atoms with Crippen molar-refractivity contribution in [1.29, 1.82) is 0 Å². The van der Waals surface area contributed by atoms with Crippen LogP contribution in [0.15, 0.2) is 11.6 Å². The molecule has 2 heteroatoms. The number of carbonyl (C=O) groups is 1. The summed E-state index contributed by atoms with van der Waals surface area (Å²) in [4.78, 5) is 11.9. The second-order valence-corrected chi connectivity index (χ2v) is 8.94. The molecule has 23 heavy (non-hydrogen) atoms. The van der Waals surface area contributed by atoms with Crippen LogP contribution in [-0.4, -0.2) is 16.5 Å². The summed E-state index contributed by atoms with van der Waals surface area (Å²) in [5.74, 6) is 4.41. The Bertz CT molecular complexity index is 574. The van der Waals surface area contributed by atoms with Crippen molar-refractivity contribution in [3.8, 4) is 12.3 Å². The van der Waals surface area contributed by atoms with Crippen LogP contribution in [0.3, 0.4) is 0 Å². The van der Waals surface area contributed by atoms with Gasteiger partial charge in [-0.15, -0.1) is 12.3 Å². The second kappa shape index (κ2) is 5.49. The first kappa shape index (κ1) is 16.8. The van der Waals surface area contributed by atoms with Crippen LogP contribution < -0.4 is 0 Å². The fourth-order valence-corrected chi connectivity index (χ4v) is 5.64. The van der Waals surface area contributed by atoms with E-state index in [4.69, 9.17) is 6.42 Å². The molecule has 0 unspecified atom stereocenters. The number of fused-ring (bicyclic) bond motifs is 3. The Balaban J connectivity index is 1.93. The van der Waals surface area contributed by atoms with Gasteiger partial charge in [-0.1, -0.05) is 12.5 Å². The molecular formula is C21H30O2. The number of aliphatic hydroxyl groups is 1. The molecule has 0 heterocycles. The fourth-order valence-electron chi connectivity index (χ4n) is 5.64. The molecule has 0 aromatic carbocycles. The van der Waals surface area contributed by atoms with Gasteiger partial charge in [0.2, 0.25) is 0 Å². The monoisotopic (exact) mass is 314 g/mol. The standard InChI is InChI=1S/C21H30O2/c1-5-10-21-12-8-17(22)13-16(21)7-6-15-14-20(4,19(2,3)23)11-9-18(15)21/h1,13,15,18,23H,6-12,14H2,2-4H3/t15-,18-,20+,21-/m0/s1.